The Morgan fingerprint density at radius 1 is 0.645 bits per heavy atom. The van der Waals surface area contributed by atoms with Crippen LogP contribution in [0.4, 0.5) is 0 Å². The smallest absolute Gasteiger partial charge is 0.234 e. The van der Waals surface area contributed by atoms with E-state index in [0.29, 0.717) is 0 Å². The molecule has 0 saturated heterocycles. The van der Waals surface area contributed by atoms with Gasteiger partial charge in [-0.2, -0.15) is 0 Å². The summed E-state index contributed by atoms with van der Waals surface area (Å²) in [7, 11) is 0. The molecule has 2 aromatic rings. The van der Waals surface area contributed by atoms with Gasteiger partial charge in [0, 0.05) is 6.42 Å². The Hall–Kier alpha value is -1.57. The summed E-state index contributed by atoms with van der Waals surface area (Å²) in [5, 5.41) is 0. The van der Waals surface area contributed by atoms with E-state index in [0.717, 1.165) is 6.54 Å². The van der Waals surface area contributed by atoms with Crippen molar-refractivity contribution in [2.45, 2.75) is 130 Å². The molecule has 0 aliphatic heterocycles. The predicted molar refractivity (Wildman–Crippen MR) is 134 cm³/mol. The maximum absolute atomic E-state index is 2.51. The maximum atomic E-state index is 2.51. The number of aryl methyl sites for hydroxylation is 1. The van der Waals surface area contributed by atoms with E-state index in [1.54, 1.807) is 0 Å². The Kier molecular flexibility index (Phi) is 14.1. The van der Waals surface area contributed by atoms with Gasteiger partial charge in [0.25, 0.3) is 5.82 Å². The van der Waals surface area contributed by atoms with Gasteiger partial charge < -0.3 is 0 Å². The first-order chi connectivity index (χ1) is 15.3. The van der Waals surface area contributed by atoms with Gasteiger partial charge in [0.1, 0.15) is 18.9 Å². The molecule has 0 aliphatic carbocycles. The molecule has 1 aromatic heterocycles. The van der Waals surface area contributed by atoms with Gasteiger partial charge in [-0.15, -0.1) is 0 Å². The van der Waals surface area contributed by atoms with Gasteiger partial charge >= 0.3 is 0 Å². The van der Waals surface area contributed by atoms with Crippen LogP contribution in [0.25, 0.3) is 0 Å². The lowest BCUT2D eigenvalue weighted by Gasteiger charge is -2.06. The molecule has 0 spiro atoms. The van der Waals surface area contributed by atoms with Crippen molar-refractivity contribution in [3.05, 3.63) is 54.1 Å². The molecule has 0 N–H and O–H groups in total. The summed E-state index contributed by atoms with van der Waals surface area (Å²) in [4.78, 5) is 0. The number of unbranched alkanes of at least 4 members (excludes halogenated alkanes) is 13. The van der Waals surface area contributed by atoms with Gasteiger partial charge in [-0.25, -0.2) is 9.13 Å². The number of nitrogens with zero attached hydrogens (tertiary/aromatic N) is 2. The van der Waals surface area contributed by atoms with Crippen molar-refractivity contribution < 1.29 is 4.57 Å². The van der Waals surface area contributed by atoms with Crippen molar-refractivity contribution in [2.24, 2.45) is 0 Å². The minimum Gasteiger partial charge on any atom is -0.234 e. The predicted octanol–water partition coefficient (Wildman–Crippen LogP) is 8.26. The zero-order chi connectivity index (χ0) is 22.0. The van der Waals surface area contributed by atoms with Gasteiger partial charge in [0.05, 0.1) is 6.54 Å². The molecule has 2 rings (SSSR count). The monoisotopic (exact) mass is 425 g/mol. The number of hydrogen-bond donors (Lipinski definition) is 0. The molecule has 0 atom stereocenters. The molecule has 174 valence electrons. The van der Waals surface area contributed by atoms with Gasteiger partial charge in [-0.1, -0.05) is 121 Å². The molecule has 0 amide bonds. The van der Waals surface area contributed by atoms with Crippen molar-refractivity contribution in [3.63, 3.8) is 0 Å². The SMILES string of the molecule is CCCCCCCCCCCCCCCCn1cc[n+](Cc2ccccc2)c1CCC. The fourth-order valence-corrected chi connectivity index (χ4v) is 4.61. The Labute approximate surface area is 193 Å². The first kappa shape index (κ1) is 25.7. The second-order valence-electron chi connectivity index (χ2n) is 9.37. The van der Waals surface area contributed by atoms with Crippen LogP contribution in [0.15, 0.2) is 42.7 Å². The molecule has 0 unspecified atom stereocenters. The quantitative estimate of drug-likeness (QED) is 0.158. The first-order valence-electron chi connectivity index (χ1n) is 13.5. The van der Waals surface area contributed by atoms with Crippen LogP contribution in [0.2, 0.25) is 0 Å². The topological polar surface area (TPSA) is 8.81 Å². The van der Waals surface area contributed by atoms with E-state index in [4.69, 9.17) is 0 Å². The van der Waals surface area contributed by atoms with Crippen LogP contribution in [-0.4, -0.2) is 4.57 Å². The van der Waals surface area contributed by atoms with E-state index in [-0.39, 0.29) is 0 Å². The molecular formula is C29H49N2+. The zero-order valence-corrected chi connectivity index (χ0v) is 20.7. The van der Waals surface area contributed by atoms with Crippen LogP contribution in [0.3, 0.4) is 0 Å². The highest BCUT2D eigenvalue weighted by atomic mass is 15.1. The van der Waals surface area contributed by atoms with Crippen LogP contribution >= 0.6 is 0 Å². The summed E-state index contributed by atoms with van der Waals surface area (Å²) in [6.45, 7) is 6.75. The number of imidazole rings is 1. The lowest BCUT2D eigenvalue weighted by molar-refractivity contribution is -0.695. The second-order valence-corrected chi connectivity index (χ2v) is 9.37. The van der Waals surface area contributed by atoms with Crippen molar-refractivity contribution >= 4 is 0 Å². The van der Waals surface area contributed by atoms with Gasteiger partial charge in [0.15, 0.2) is 0 Å². The minimum atomic E-state index is 0.988. The summed E-state index contributed by atoms with van der Waals surface area (Å²) in [6.07, 6.45) is 26.9. The lowest BCUT2D eigenvalue weighted by atomic mass is 10.0. The fraction of sp³-hybridized carbons (Fsp3) is 0.690. The molecule has 0 bridgehead atoms. The summed E-state index contributed by atoms with van der Waals surface area (Å²) in [5.74, 6) is 1.49. The molecule has 0 fully saturated rings. The molecule has 31 heavy (non-hydrogen) atoms. The standard InChI is InChI=1S/C29H49N2/c1-3-5-6-7-8-9-10-11-12-13-14-15-16-20-24-30-25-26-31(29(30)21-4-2)27-28-22-18-17-19-23-28/h17-19,22-23,25-26H,3-16,20-21,24,27H2,1-2H3/q+1. The Balaban J connectivity index is 1.54. The van der Waals surface area contributed by atoms with Crippen molar-refractivity contribution in [2.75, 3.05) is 0 Å². The molecular weight excluding hydrogens is 376 g/mol. The lowest BCUT2D eigenvalue weighted by Crippen LogP contribution is -2.37. The van der Waals surface area contributed by atoms with E-state index < -0.39 is 0 Å². The van der Waals surface area contributed by atoms with Crippen LogP contribution in [0, 0.1) is 0 Å². The molecule has 0 aliphatic rings. The van der Waals surface area contributed by atoms with Crippen molar-refractivity contribution in [1.29, 1.82) is 0 Å². The number of rotatable bonds is 19. The van der Waals surface area contributed by atoms with Crippen molar-refractivity contribution in [3.8, 4) is 0 Å². The maximum Gasteiger partial charge on any atom is 0.256 e. The normalized spacial score (nSPS) is 11.3. The third-order valence-corrected chi connectivity index (χ3v) is 6.51. The molecule has 1 aromatic carbocycles. The third-order valence-electron chi connectivity index (χ3n) is 6.51. The highest BCUT2D eigenvalue weighted by Crippen LogP contribution is 2.13. The number of aromatic nitrogens is 2. The molecule has 0 radical (unpaired) electrons. The highest BCUT2D eigenvalue weighted by molar-refractivity contribution is 5.13. The Morgan fingerprint density at radius 3 is 1.74 bits per heavy atom. The van der Waals surface area contributed by atoms with E-state index in [9.17, 15) is 0 Å². The van der Waals surface area contributed by atoms with Crippen molar-refractivity contribution in [1.82, 2.24) is 4.57 Å². The van der Waals surface area contributed by atoms with Crippen LogP contribution in [-0.2, 0) is 19.5 Å². The van der Waals surface area contributed by atoms with Gasteiger partial charge in [-0.3, -0.25) is 0 Å². The summed E-state index contributed by atoms with van der Waals surface area (Å²) >= 11 is 0. The van der Waals surface area contributed by atoms with E-state index in [1.807, 2.05) is 0 Å². The Morgan fingerprint density at radius 2 is 1.19 bits per heavy atom. The van der Waals surface area contributed by atoms with E-state index in [2.05, 4.69) is 65.7 Å². The largest absolute Gasteiger partial charge is 0.256 e. The molecule has 0 saturated carbocycles. The van der Waals surface area contributed by atoms with E-state index in [1.165, 1.54) is 121 Å². The van der Waals surface area contributed by atoms with Gasteiger partial charge in [-0.05, 0) is 24.8 Å². The van der Waals surface area contributed by atoms with Gasteiger partial charge in [0.2, 0.25) is 0 Å². The summed E-state index contributed by atoms with van der Waals surface area (Å²) in [5.41, 5.74) is 1.39. The minimum absolute atomic E-state index is 0.988. The Bertz CT molecular complexity index is 659. The summed E-state index contributed by atoms with van der Waals surface area (Å²) in [6, 6.07) is 10.8. The zero-order valence-electron chi connectivity index (χ0n) is 20.7. The number of hydrogen-bond acceptors (Lipinski definition) is 0. The third kappa shape index (κ3) is 11.0. The fourth-order valence-electron chi connectivity index (χ4n) is 4.61. The number of benzene rings is 1. The average molecular weight is 426 g/mol. The average Bonchev–Trinajstić information content (AvgIpc) is 3.16. The summed E-state index contributed by atoms with van der Waals surface area (Å²) < 4.78 is 4.95. The second kappa shape index (κ2) is 17.0. The first-order valence-corrected chi connectivity index (χ1v) is 13.5. The molecule has 2 nitrogen and oxygen atoms in total. The highest BCUT2D eigenvalue weighted by Gasteiger charge is 2.16. The molecule has 2 heteroatoms. The molecule has 1 heterocycles. The van der Waals surface area contributed by atoms with Crippen LogP contribution < -0.4 is 4.57 Å². The van der Waals surface area contributed by atoms with Crippen LogP contribution in [0.5, 0.6) is 0 Å². The van der Waals surface area contributed by atoms with Crippen LogP contribution in [0.1, 0.15) is 122 Å². The van der Waals surface area contributed by atoms with E-state index >= 15 is 0 Å².